The van der Waals surface area contributed by atoms with E-state index in [9.17, 15) is 18.3 Å². The van der Waals surface area contributed by atoms with Crippen LogP contribution in [0.3, 0.4) is 0 Å². The molecule has 0 saturated carbocycles. The van der Waals surface area contributed by atoms with E-state index in [0.717, 1.165) is 19.0 Å². The lowest BCUT2D eigenvalue weighted by Crippen LogP contribution is -2.36. The third-order valence-electron chi connectivity index (χ3n) is 3.27. The number of nitrogens with zero attached hydrogens (tertiary/aromatic N) is 2. The minimum absolute atomic E-state index is 0.239. The maximum Gasteiger partial charge on any atom is 0.427 e. The van der Waals surface area contributed by atoms with Crippen molar-refractivity contribution in [3.8, 4) is 0 Å². The first-order chi connectivity index (χ1) is 8.38. The minimum atomic E-state index is -4.31. The third kappa shape index (κ3) is 2.95. The Morgan fingerprint density at radius 1 is 1.44 bits per heavy atom. The second kappa shape index (κ2) is 5.05. The molecular weight excluding hydrogens is 265 g/mol. The number of halogens is 3. The maximum atomic E-state index is 12.5. The number of thiazole rings is 1. The van der Waals surface area contributed by atoms with Gasteiger partial charge in [0, 0.05) is 13.1 Å². The number of aliphatic hydroxyl groups is 1. The lowest BCUT2D eigenvalue weighted by Gasteiger charge is -2.33. The zero-order valence-corrected chi connectivity index (χ0v) is 10.8. The van der Waals surface area contributed by atoms with Crippen LogP contribution in [0.4, 0.5) is 18.3 Å². The van der Waals surface area contributed by atoms with E-state index in [4.69, 9.17) is 0 Å². The fraction of sp³-hybridized carbons (Fsp3) is 0.727. The SMILES string of the molecule is CC(O)C1CCN(c2ncc(C(F)(F)F)s2)CC1. The van der Waals surface area contributed by atoms with E-state index in [0.29, 0.717) is 29.6 Å². The minimum Gasteiger partial charge on any atom is -0.393 e. The molecule has 0 radical (unpaired) electrons. The van der Waals surface area contributed by atoms with Crippen molar-refractivity contribution in [3.05, 3.63) is 11.1 Å². The molecule has 0 aliphatic carbocycles. The van der Waals surface area contributed by atoms with Crippen LogP contribution in [0.1, 0.15) is 24.6 Å². The Morgan fingerprint density at radius 3 is 2.50 bits per heavy atom. The number of piperidine rings is 1. The van der Waals surface area contributed by atoms with Crippen molar-refractivity contribution in [3.63, 3.8) is 0 Å². The molecule has 0 amide bonds. The topological polar surface area (TPSA) is 36.4 Å². The summed E-state index contributed by atoms with van der Waals surface area (Å²) in [6.45, 7) is 3.06. The van der Waals surface area contributed by atoms with Gasteiger partial charge >= 0.3 is 6.18 Å². The van der Waals surface area contributed by atoms with Gasteiger partial charge in [-0.15, -0.1) is 0 Å². The van der Waals surface area contributed by atoms with E-state index in [-0.39, 0.29) is 12.0 Å². The lowest BCUT2D eigenvalue weighted by molar-refractivity contribution is -0.134. The smallest absolute Gasteiger partial charge is 0.393 e. The summed E-state index contributed by atoms with van der Waals surface area (Å²) in [6, 6.07) is 0. The maximum absolute atomic E-state index is 12.5. The van der Waals surface area contributed by atoms with Crippen LogP contribution in [0.15, 0.2) is 6.20 Å². The van der Waals surface area contributed by atoms with Gasteiger partial charge in [-0.25, -0.2) is 4.98 Å². The highest BCUT2D eigenvalue weighted by Crippen LogP contribution is 2.37. The quantitative estimate of drug-likeness (QED) is 0.905. The average Bonchev–Trinajstić information content (AvgIpc) is 2.78. The van der Waals surface area contributed by atoms with E-state index in [1.165, 1.54) is 0 Å². The Balaban J connectivity index is 2.00. The Kier molecular flexibility index (Phi) is 3.82. The number of aliphatic hydroxyl groups excluding tert-OH is 1. The van der Waals surface area contributed by atoms with Gasteiger partial charge in [0.15, 0.2) is 5.13 Å². The Hall–Kier alpha value is -0.820. The highest BCUT2D eigenvalue weighted by Gasteiger charge is 2.34. The van der Waals surface area contributed by atoms with Crippen LogP contribution < -0.4 is 4.90 Å². The first-order valence-corrected chi connectivity index (χ1v) is 6.65. The predicted molar refractivity (Wildman–Crippen MR) is 63.7 cm³/mol. The molecule has 1 aliphatic rings. The molecule has 1 aromatic heterocycles. The Bertz CT molecular complexity index is 397. The van der Waals surface area contributed by atoms with Crippen molar-refractivity contribution in [2.75, 3.05) is 18.0 Å². The molecule has 0 aromatic carbocycles. The predicted octanol–water partition coefficient (Wildman–Crippen LogP) is 2.76. The monoisotopic (exact) mass is 280 g/mol. The molecule has 1 fully saturated rings. The van der Waals surface area contributed by atoms with E-state index < -0.39 is 11.1 Å². The van der Waals surface area contributed by atoms with E-state index in [1.54, 1.807) is 6.92 Å². The summed E-state index contributed by atoms with van der Waals surface area (Å²) in [6.07, 6.45) is -2.19. The zero-order chi connectivity index (χ0) is 13.3. The van der Waals surface area contributed by atoms with Crippen LogP contribution in [0.25, 0.3) is 0 Å². The molecular formula is C11H15F3N2OS. The van der Waals surface area contributed by atoms with Crippen LogP contribution >= 0.6 is 11.3 Å². The molecule has 1 saturated heterocycles. The summed E-state index contributed by atoms with van der Waals surface area (Å²) in [5.41, 5.74) is 0. The van der Waals surface area contributed by atoms with Gasteiger partial charge in [0.05, 0.1) is 12.3 Å². The van der Waals surface area contributed by atoms with Crippen LogP contribution in [-0.4, -0.2) is 29.3 Å². The van der Waals surface area contributed by atoms with Gasteiger partial charge in [-0.05, 0) is 25.7 Å². The van der Waals surface area contributed by atoms with Crippen LogP contribution in [0.2, 0.25) is 0 Å². The normalized spacial score (nSPS) is 20.2. The van der Waals surface area contributed by atoms with E-state index in [1.807, 2.05) is 4.90 Å². The Morgan fingerprint density at radius 2 is 2.06 bits per heavy atom. The third-order valence-corrected chi connectivity index (χ3v) is 4.37. The van der Waals surface area contributed by atoms with Gasteiger partial charge in [0.1, 0.15) is 4.88 Å². The summed E-state index contributed by atoms with van der Waals surface area (Å²) in [7, 11) is 0. The van der Waals surface area contributed by atoms with Gasteiger partial charge in [-0.3, -0.25) is 0 Å². The number of aromatic nitrogens is 1. The molecule has 1 aliphatic heterocycles. The molecule has 1 unspecified atom stereocenters. The molecule has 3 nitrogen and oxygen atoms in total. The summed E-state index contributed by atoms with van der Waals surface area (Å²) in [4.78, 5) is 5.04. The standard InChI is InChI=1S/C11H15F3N2OS/c1-7(17)8-2-4-16(5-3-8)10-15-6-9(18-10)11(12,13)14/h6-8,17H,2-5H2,1H3. The number of hydrogen-bond donors (Lipinski definition) is 1. The molecule has 7 heteroatoms. The molecule has 1 atom stereocenters. The van der Waals surface area contributed by atoms with Gasteiger partial charge in [0.25, 0.3) is 0 Å². The van der Waals surface area contributed by atoms with Crippen molar-refractivity contribution in [1.29, 1.82) is 0 Å². The van der Waals surface area contributed by atoms with E-state index >= 15 is 0 Å². The number of hydrogen-bond acceptors (Lipinski definition) is 4. The molecule has 2 rings (SSSR count). The first-order valence-electron chi connectivity index (χ1n) is 5.84. The highest BCUT2D eigenvalue weighted by molar-refractivity contribution is 7.15. The van der Waals surface area contributed by atoms with Gasteiger partial charge < -0.3 is 10.0 Å². The second-order valence-corrected chi connectivity index (χ2v) is 5.58. The molecule has 1 N–H and O–H groups in total. The van der Waals surface area contributed by atoms with Gasteiger partial charge in [-0.2, -0.15) is 13.2 Å². The van der Waals surface area contributed by atoms with E-state index in [2.05, 4.69) is 4.98 Å². The number of rotatable bonds is 2. The average molecular weight is 280 g/mol. The highest BCUT2D eigenvalue weighted by atomic mass is 32.1. The summed E-state index contributed by atoms with van der Waals surface area (Å²) >= 11 is 0.683. The first kappa shape index (κ1) is 13.6. The van der Waals surface area contributed by atoms with Crippen molar-refractivity contribution in [1.82, 2.24) is 4.98 Å². The van der Waals surface area contributed by atoms with Gasteiger partial charge in [0.2, 0.25) is 0 Å². The molecule has 102 valence electrons. The van der Waals surface area contributed by atoms with Gasteiger partial charge in [-0.1, -0.05) is 11.3 Å². The van der Waals surface area contributed by atoms with Crippen molar-refractivity contribution < 1.29 is 18.3 Å². The van der Waals surface area contributed by atoms with Crippen LogP contribution in [0.5, 0.6) is 0 Å². The van der Waals surface area contributed by atoms with Crippen molar-refractivity contribution in [2.45, 2.75) is 32.0 Å². The molecule has 1 aromatic rings. The molecule has 2 heterocycles. The molecule has 0 spiro atoms. The molecule has 0 bridgehead atoms. The summed E-state index contributed by atoms with van der Waals surface area (Å²) < 4.78 is 37.4. The summed E-state index contributed by atoms with van der Waals surface area (Å²) in [5, 5.41) is 9.89. The second-order valence-electron chi connectivity index (χ2n) is 4.57. The van der Waals surface area contributed by atoms with Crippen molar-refractivity contribution >= 4 is 16.5 Å². The zero-order valence-electron chi connectivity index (χ0n) is 9.94. The number of alkyl halides is 3. The fourth-order valence-electron chi connectivity index (χ4n) is 2.12. The largest absolute Gasteiger partial charge is 0.427 e. The molecule has 18 heavy (non-hydrogen) atoms. The van der Waals surface area contributed by atoms with Crippen molar-refractivity contribution in [2.24, 2.45) is 5.92 Å². The Labute approximate surface area is 107 Å². The fourth-order valence-corrected chi connectivity index (χ4v) is 2.95. The lowest BCUT2D eigenvalue weighted by atomic mass is 9.92. The van der Waals surface area contributed by atoms with Crippen LogP contribution in [-0.2, 0) is 6.18 Å². The number of anilines is 1. The van der Waals surface area contributed by atoms with Crippen LogP contribution in [0, 0.1) is 5.92 Å². The summed E-state index contributed by atoms with van der Waals surface area (Å²) in [5.74, 6) is 0.239.